The SMILES string of the molecule is CCNC(=O)c1noc(-c2cc(Cl)c(O)cc2O)c1-c1ccc(NCCCCC(=O)NO)cc1. The number of hydrogen-bond acceptors (Lipinski definition) is 8. The minimum absolute atomic E-state index is 0.00530. The summed E-state index contributed by atoms with van der Waals surface area (Å²) in [6, 6.07) is 9.62. The number of nitrogens with one attached hydrogen (secondary N) is 3. The lowest BCUT2D eigenvalue weighted by molar-refractivity contribution is -0.129. The third kappa shape index (κ3) is 5.77. The van der Waals surface area contributed by atoms with Crippen LogP contribution >= 0.6 is 11.6 Å². The van der Waals surface area contributed by atoms with Gasteiger partial charge in [0.2, 0.25) is 5.91 Å². The first-order chi connectivity index (χ1) is 16.3. The van der Waals surface area contributed by atoms with E-state index in [-0.39, 0.29) is 40.0 Å². The molecule has 2 aromatic carbocycles. The first-order valence-electron chi connectivity index (χ1n) is 10.6. The van der Waals surface area contributed by atoms with Crippen LogP contribution in [0.5, 0.6) is 11.5 Å². The summed E-state index contributed by atoms with van der Waals surface area (Å²) in [5, 5.41) is 38.5. The molecule has 1 aromatic heterocycles. The lowest BCUT2D eigenvalue weighted by Gasteiger charge is -2.10. The Morgan fingerprint density at radius 3 is 2.50 bits per heavy atom. The van der Waals surface area contributed by atoms with Gasteiger partial charge in [-0.3, -0.25) is 14.8 Å². The normalized spacial score (nSPS) is 10.7. The van der Waals surface area contributed by atoms with Crippen molar-refractivity contribution in [2.45, 2.75) is 26.2 Å². The average molecular weight is 489 g/mol. The molecule has 3 rings (SSSR count). The number of hydrogen-bond donors (Lipinski definition) is 6. The summed E-state index contributed by atoms with van der Waals surface area (Å²) in [6.45, 7) is 2.79. The highest BCUT2D eigenvalue weighted by molar-refractivity contribution is 6.32. The molecule has 0 fully saturated rings. The highest BCUT2D eigenvalue weighted by atomic mass is 35.5. The fourth-order valence-corrected chi connectivity index (χ4v) is 3.49. The second-order valence-corrected chi connectivity index (χ2v) is 7.82. The topological polar surface area (TPSA) is 157 Å². The zero-order chi connectivity index (χ0) is 24.7. The maximum absolute atomic E-state index is 12.6. The van der Waals surface area contributed by atoms with E-state index < -0.39 is 11.8 Å². The van der Waals surface area contributed by atoms with Crippen molar-refractivity contribution in [2.24, 2.45) is 0 Å². The number of halogens is 1. The average Bonchev–Trinajstić information content (AvgIpc) is 3.26. The number of aromatic hydroxyl groups is 2. The van der Waals surface area contributed by atoms with Crippen LogP contribution in [0.4, 0.5) is 5.69 Å². The molecule has 180 valence electrons. The Morgan fingerprint density at radius 1 is 1.09 bits per heavy atom. The van der Waals surface area contributed by atoms with Crippen molar-refractivity contribution in [3.05, 3.63) is 47.1 Å². The van der Waals surface area contributed by atoms with E-state index in [1.807, 2.05) is 12.1 Å². The maximum Gasteiger partial charge on any atom is 0.274 e. The standard InChI is InChI=1S/C23H25ClN4O6/c1-2-25-23(32)21-20(22(34-28-21)15-11-16(24)18(30)12-17(15)29)13-6-8-14(9-7-13)26-10-4-3-5-19(31)27-33/h6-9,11-12,26,29-30,33H,2-5,10H2,1H3,(H,25,32)(H,27,31). The number of phenols is 2. The van der Waals surface area contributed by atoms with Crippen molar-refractivity contribution in [3.63, 3.8) is 0 Å². The molecule has 2 amide bonds. The van der Waals surface area contributed by atoms with E-state index >= 15 is 0 Å². The number of carbonyl (C=O) groups excluding carboxylic acids is 2. The predicted octanol–water partition coefficient (Wildman–Crippen LogP) is 3.91. The van der Waals surface area contributed by atoms with Gasteiger partial charge in [-0.25, -0.2) is 5.48 Å². The first kappa shape index (κ1) is 24.9. The zero-order valence-electron chi connectivity index (χ0n) is 18.4. The molecule has 0 saturated carbocycles. The van der Waals surface area contributed by atoms with Gasteiger partial charge in [0, 0.05) is 31.3 Å². The molecule has 0 bridgehead atoms. The lowest BCUT2D eigenvalue weighted by Crippen LogP contribution is -2.23. The van der Waals surface area contributed by atoms with Crippen molar-refractivity contribution in [3.8, 4) is 33.9 Å². The monoisotopic (exact) mass is 488 g/mol. The summed E-state index contributed by atoms with van der Waals surface area (Å²) in [4.78, 5) is 23.6. The van der Waals surface area contributed by atoms with Crippen LogP contribution in [0.25, 0.3) is 22.5 Å². The van der Waals surface area contributed by atoms with E-state index in [9.17, 15) is 19.8 Å². The van der Waals surface area contributed by atoms with E-state index in [1.54, 1.807) is 24.5 Å². The van der Waals surface area contributed by atoms with Crippen LogP contribution in [0.3, 0.4) is 0 Å². The number of phenolic OH excluding ortho intramolecular Hbond substituents is 2. The zero-order valence-corrected chi connectivity index (χ0v) is 19.1. The lowest BCUT2D eigenvalue weighted by atomic mass is 9.98. The van der Waals surface area contributed by atoms with Gasteiger partial charge in [0.25, 0.3) is 5.91 Å². The number of anilines is 1. The molecule has 11 heteroatoms. The van der Waals surface area contributed by atoms with E-state index in [2.05, 4.69) is 15.8 Å². The molecule has 0 aliphatic heterocycles. The van der Waals surface area contributed by atoms with Crippen LogP contribution in [-0.2, 0) is 4.79 Å². The van der Waals surface area contributed by atoms with Crippen molar-refractivity contribution in [2.75, 3.05) is 18.4 Å². The van der Waals surface area contributed by atoms with Crippen LogP contribution in [-0.4, -0.2) is 45.5 Å². The molecule has 0 atom stereocenters. The van der Waals surface area contributed by atoms with Crippen molar-refractivity contribution < 1.29 is 29.5 Å². The molecule has 34 heavy (non-hydrogen) atoms. The number of rotatable bonds is 10. The molecule has 1 heterocycles. The Kier molecular flexibility index (Phi) is 8.34. The molecule has 10 nitrogen and oxygen atoms in total. The quantitative estimate of drug-likeness (QED) is 0.142. The highest BCUT2D eigenvalue weighted by Crippen LogP contribution is 2.42. The van der Waals surface area contributed by atoms with E-state index in [4.69, 9.17) is 21.3 Å². The summed E-state index contributed by atoms with van der Waals surface area (Å²) < 4.78 is 5.45. The number of unbranched alkanes of at least 4 members (excludes halogenated alkanes) is 1. The molecule has 0 unspecified atom stereocenters. The van der Waals surface area contributed by atoms with Gasteiger partial charge in [0.05, 0.1) is 16.1 Å². The summed E-state index contributed by atoms with van der Waals surface area (Å²) in [6.07, 6.45) is 1.59. The summed E-state index contributed by atoms with van der Waals surface area (Å²) >= 11 is 6.03. The second-order valence-electron chi connectivity index (χ2n) is 7.41. The molecule has 0 aliphatic rings. The first-order valence-corrected chi connectivity index (χ1v) is 11.0. The largest absolute Gasteiger partial charge is 0.507 e. The van der Waals surface area contributed by atoms with Gasteiger partial charge in [-0.2, -0.15) is 0 Å². The van der Waals surface area contributed by atoms with Gasteiger partial charge in [-0.05, 0) is 43.5 Å². The maximum atomic E-state index is 12.6. The van der Waals surface area contributed by atoms with E-state index in [0.717, 1.165) is 18.2 Å². The Bertz CT molecular complexity index is 1160. The van der Waals surface area contributed by atoms with E-state index in [0.29, 0.717) is 30.6 Å². The Labute approximate surface area is 200 Å². The molecular weight excluding hydrogens is 464 g/mol. The van der Waals surface area contributed by atoms with Crippen LogP contribution in [0.15, 0.2) is 40.9 Å². The van der Waals surface area contributed by atoms with Gasteiger partial charge in [0.1, 0.15) is 11.5 Å². The highest BCUT2D eigenvalue weighted by Gasteiger charge is 2.26. The predicted molar refractivity (Wildman–Crippen MR) is 126 cm³/mol. The van der Waals surface area contributed by atoms with Gasteiger partial charge in [-0.15, -0.1) is 0 Å². The Hall–Kier alpha value is -3.76. The summed E-state index contributed by atoms with van der Waals surface area (Å²) in [5.74, 6) is -1.30. The number of hydroxylamine groups is 1. The third-order valence-corrected chi connectivity index (χ3v) is 5.32. The minimum atomic E-state index is -0.439. The fourth-order valence-electron chi connectivity index (χ4n) is 3.33. The second kappa shape index (κ2) is 11.4. The van der Waals surface area contributed by atoms with Gasteiger partial charge in [-0.1, -0.05) is 28.9 Å². The van der Waals surface area contributed by atoms with Crippen molar-refractivity contribution in [1.29, 1.82) is 0 Å². The fraction of sp³-hybridized carbons (Fsp3) is 0.261. The molecule has 0 spiro atoms. The summed E-state index contributed by atoms with van der Waals surface area (Å²) in [5.41, 5.74) is 3.63. The van der Waals surface area contributed by atoms with E-state index in [1.165, 1.54) is 6.07 Å². The van der Waals surface area contributed by atoms with Gasteiger partial charge in [0.15, 0.2) is 11.5 Å². The smallest absolute Gasteiger partial charge is 0.274 e. The number of nitrogens with zero attached hydrogens (tertiary/aromatic N) is 1. The molecule has 0 aliphatic carbocycles. The molecule has 3 aromatic rings. The molecule has 0 radical (unpaired) electrons. The third-order valence-electron chi connectivity index (χ3n) is 5.01. The number of benzene rings is 2. The van der Waals surface area contributed by atoms with Crippen LogP contribution in [0.1, 0.15) is 36.7 Å². The van der Waals surface area contributed by atoms with Crippen LogP contribution in [0, 0.1) is 0 Å². The van der Waals surface area contributed by atoms with Crippen molar-refractivity contribution >= 4 is 29.1 Å². The number of aromatic nitrogens is 1. The van der Waals surface area contributed by atoms with Gasteiger partial charge < -0.3 is 25.4 Å². The van der Waals surface area contributed by atoms with Gasteiger partial charge >= 0.3 is 0 Å². The Balaban J connectivity index is 1.87. The number of carbonyl (C=O) groups is 2. The molecular formula is C23H25ClN4O6. The van der Waals surface area contributed by atoms with Crippen molar-refractivity contribution in [1.82, 2.24) is 16.0 Å². The molecule has 0 saturated heterocycles. The molecule has 6 N–H and O–H groups in total. The summed E-state index contributed by atoms with van der Waals surface area (Å²) in [7, 11) is 0. The minimum Gasteiger partial charge on any atom is -0.507 e. The van der Waals surface area contributed by atoms with Crippen LogP contribution < -0.4 is 16.1 Å². The van der Waals surface area contributed by atoms with Crippen LogP contribution in [0.2, 0.25) is 5.02 Å². The number of amides is 2. The Morgan fingerprint density at radius 2 is 1.82 bits per heavy atom.